The Morgan fingerprint density at radius 2 is 1.94 bits per heavy atom. The molecule has 1 aromatic carbocycles. The highest BCUT2D eigenvalue weighted by Gasteiger charge is 2.19. The number of nitrogens with two attached hydrogens (primary N) is 1. The van der Waals surface area contributed by atoms with Gasteiger partial charge in [-0.2, -0.15) is 0 Å². The molecule has 8 nitrogen and oxygen atoms in total. The lowest BCUT2D eigenvalue weighted by Gasteiger charge is -2.34. The standard InChI is InChI=1S/C25H25N5O3S/c1-29-9-11-30(12-10-29)17-4-2-3-15(13-17)20-8-6-18(34-20)14-16-5-7-19-22(27-16)21(24(26)32)23(31)25(33)28-19/h2-8,13,31H,9-12,14H2,1H3,(H2,26,32)(H,28,33). The van der Waals surface area contributed by atoms with E-state index in [0.717, 1.165) is 31.1 Å². The smallest absolute Gasteiger partial charge is 0.291 e. The molecule has 9 heteroatoms. The number of nitrogens with zero attached hydrogens (tertiary/aromatic N) is 3. The fraction of sp³-hybridized carbons (Fsp3) is 0.240. The summed E-state index contributed by atoms with van der Waals surface area (Å²) in [6.45, 7) is 4.18. The van der Waals surface area contributed by atoms with Gasteiger partial charge in [-0.1, -0.05) is 12.1 Å². The molecule has 1 saturated heterocycles. The maximum atomic E-state index is 11.9. The molecule has 34 heavy (non-hydrogen) atoms. The minimum atomic E-state index is -0.892. The van der Waals surface area contributed by atoms with E-state index in [-0.39, 0.29) is 11.1 Å². The van der Waals surface area contributed by atoms with Crippen molar-refractivity contribution >= 4 is 34.0 Å². The predicted molar refractivity (Wildman–Crippen MR) is 135 cm³/mol. The third-order valence-electron chi connectivity index (χ3n) is 6.15. The Hall–Kier alpha value is -3.69. The number of rotatable bonds is 5. The van der Waals surface area contributed by atoms with E-state index in [9.17, 15) is 14.7 Å². The molecule has 0 aliphatic carbocycles. The molecule has 0 atom stereocenters. The third-order valence-corrected chi connectivity index (χ3v) is 7.29. The number of aromatic hydroxyl groups is 1. The number of hydrogen-bond acceptors (Lipinski definition) is 7. The van der Waals surface area contributed by atoms with Crippen LogP contribution in [-0.2, 0) is 6.42 Å². The van der Waals surface area contributed by atoms with Crippen molar-refractivity contribution in [3.05, 3.63) is 75.0 Å². The highest BCUT2D eigenvalue weighted by molar-refractivity contribution is 7.15. The predicted octanol–water partition coefficient (Wildman–Crippen LogP) is 2.80. The van der Waals surface area contributed by atoms with Crippen molar-refractivity contribution in [1.82, 2.24) is 14.9 Å². The molecule has 3 aromatic heterocycles. The number of nitrogens with one attached hydrogen (secondary N) is 1. The Balaban J connectivity index is 1.40. The van der Waals surface area contributed by atoms with Gasteiger partial charge in [0.05, 0.1) is 5.52 Å². The van der Waals surface area contributed by atoms with Crippen LogP contribution in [0.15, 0.2) is 53.3 Å². The summed E-state index contributed by atoms with van der Waals surface area (Å²) in [6, 6.07) is 16.3. The van der Waals surface area contributed by atoms with Crippen LogP contribution in [0, 0.1) is 0 Å². The van der Waals surface area contributed by atoms with Crippen LogP contribution in [0.5, 0.6) is 5.75 Å². The number of anilines is 1. The van der Waals surface area contributed by atoms with Crippen LogP contribution in [0.25, 0.3) is 21.5 Å². The van der Waals surface area contributed by atoms with Gasteiger partial charge in [0, 0.05) is 53.7 Å². The van der Waals surface area contributed by atoms with Crippen LogP contribution >= 0.6 is 11.3 Å². The van der Waals surface area contributed by atoms with Crippen LogP contribution in [0.4, 0.5) is 5.69 Å². The average molecular weight is 476 g/mol. The average Bonchev–Trinajstić information content (AvgIpc) is 3.29. The molecule has 4 N–H and O–H groups in total. The maximum Gasteiger partial charge on any atom is 0.291 e. The zero-order valence-electron chi connectivity index (χ0n) is 18.7. The molecular weight excluding hydrogens is 450 g/mol. The van der Waals surface area contributed by atoms with E-state index in [4.69, 9.17) is 5.73 Å². The van der Waals surface area contributed by atoms with Crippen molar-refractivity contribution in [2.45, 2.75) is 6.42 Å². The molecule has 0 radical (unpaired) electrons. The summed E-state index contributed by atoms with van der Waals surface area (Å²) in [4.78, 5) is 37.8. The Kier molecular flexibility index (Phi) is 5.80. The first-order valence-electron chi connectivity index (χ1n) is 11.1. The number of thiophene rings is 1. The lowest BCUT2D eigenvalue weighted by molar-refractivity contribution is 0.0999. The first-order chi connectivity index (χ1) is 16.4. The van der Waals surface area contributed by atoms with Crippen molar-refractivity contribution in [1.29, 1.82) is 0 Å². The topological polar surface area (TPSA) is 116 Å². The van der Waals surface area contributed by atoms with Gasteiger partial charge in [-0.05, 0) is 49.0 Å². The van der Waals surface area contributed by atoms with Crippen molar-refractivity contribution in [2.75, 3.05) is 38.1 Å². The van der Waals surface area contributed by atoms with Gasteiger partial charge in [0.25, 0.3) is 11.5 Å². The molecule has 0 saturated carbocycles. The summed E-state index contributed by atoms with van der Waals surface area (Å²) in [7, 11) is 2.15. The van der Waals surface area contributed by atoms with Crippen molar-refractivity contribution < 1.29 is 9.90 Å². The number of H-pyrrole nitrogens is 1. The van der Waals surface area contributed by atoms with Gasteiger partial charge in [0.1, 0.15) is 11.1 Å². The van der Waals surface area contributed by atoms with Gasteiger partial charge >= 0.3 is 0 Å². The molecule has 174 valence electrons. The second-order valence-electron chi connectivity index (χ2n) is 8.52. The van der Waals surface area contributed by atoms with Crippen molar-refractivity contribution in [2.24, 2.45) is 5.73 Å². The number of hydrogen-bond donors (Lipinski definition) is 3. The minimum Gasteiger partial charge on any atom is -0.502 e. The van der Waals surface area contributed by atoms with E-state index in [0.29, 0.717) is 17.6 Å². The largest absolute Gasteiger partial charge is 0.502 e. The molecule has 1 amide bonds. The van der Waals surface area contributed by atoms with Gasteiger partial charge in [0.2, 0.25) is 0 Å². The SMILES string of the molecule is CN1CCN(c2cccc(-c3ccc(Cc4ccc5[nH]c(=O)c(O)c(C(N)=O)c5n4)s3)c2)CC1. The molecule has 4 heterocycles. The molecule has 0 unspecified atom stereocenters. The van der Waals surface area contributed by atoms with E-state index in [1.54, 1.807) is 23.5 Å². The molecule has 0 spiro atoms. The van der Waals surface area contributed by atoms with Crippen LogP contribution in [-0.4, -0.2) is 59.1 Å². The summed E-state index contributed by atoms with van der Waals surface area (Å²) in [5.41, 5.74) is 8.05. The molecule has 5 rings (SSSR count). The van der Waals surface area contributed by atoms with Crippen molar-refractivity contribution in [3.8, 4) is 16.2 Å². The molecule has 4 aromatic rings. The van der Waals surface area contributed by atoms with E-state index in [2.05, 4.69) is 63.2 Å². The van der Waals surface area contributed by atoms with Gasteiger partial charge in [0.15, 0.2) is 5.75 Å². The van der Waals surface area contributed by atoms with Gasteiger partial charge in [-0.25, -0.2) is 4.98 Å². The fourth-order valence-corrected chi connectivity index (χ4v) is 5.28. The van der Waals surface area contributed by atoms with Gasteiger partial charge in [-0.15, -0.1) is 11.3 Å². The zero-order chi connectivity index (χ0) is 23.8. The monoisotopic (exact) mass is 475 g/mol. The van der Waals surface area contributed by atoms with E-state index in [1.807, 2.05) is 0 Å². The summed E-state index contributed by atoms with van der Waals surface area (Å²) in [6.07, 6.45) is 0.552. The lowest BCUT2D eigenvalue weighted by Crippen LogP contribution is -2.44. The second-order valence-corrected chi connectivity index (χ2v) is 9.69. The quantitative estimate of drug-likeness (QED) is 0.409. The van der Waals surface area contributed by atoms with E-state index < -0.39 is 17.2 Å². The molecule has 1 aliphatic rings. The van der Waals surface area contributed by atoms with Crippen LogP contribution in [0.2, 0.25) is 0 Å². The Bertz CT molecular complexity index is 1440. The van der Waals surface area contributed by atoms with Crippen LogP contribution in [0.1, 0.15) is 20.9 Å². The lowest BCUT2D eigenvalue weighted by atomic mass is 10.1. The molecule has 1 aliphatic heterocycles. The van der Waals surface area contributed by atoms with E-state index >= 15 is 0 Å². The van der Waals surface area contributed by atoms with Crippen LogP contribution < -0.4 is 16.2 Å². The number of carbonyl (C=O) groups is 1. The number of benzene rings is 1. The fourth-order valence-electron chi connectivity index (χ4n) is 4.26. The van der Waals surface area contributed by atoms with Gasteiger partial charge in [-0.3, -0.25) is 9.59 Å². The Labute approximate surface area is 200 Å². The number of piperazine rings is 1. The highest BCUT2D eigenvalue weighted by Crippen LogP contribution is 2.32. The summed E-state index contributed by atoms with van der Waals surface area (Å²) >= 11 is 1.69. The van der Waals surface area contributed by atoms with Crippen molar-refractivity contribution in [3.63, 3.8) is 0 Å². The molecule has 1 fully saturated rings. The minimum absolute atomic E-state index is 0.193. The number of carbonyl (C=O) groups excluding carboxylic acids is 1. The third kappa shape index (κ3) is 4.27. The summed E-state index contributed by atoms with van der Waals surface area (Å²) in [5.74, 6) is -1.60. The van der Waals surface area contributed by atoms with Gasteiger partial charge < -0.3 is 25.6 Å². The normalized spacial score (nSPS) is 14.6. The van der Waals surface area contributed by atoms with E-state index in [1.165, 1.54) is 16.1 Å². The first kappa shape index (κ1) is 22.1. The molecule has 0 bridgehead atoms. The highest BCUT2D eigenvalue weighted by atomic mass is 32.1. The summed E-state index contributed by atoms with van der Waals surface area (Å²) in [5, 5.41) is 10.0. The number of fused-ring (bicyclic) bond motifs is 1. The number of likely N-dealkylation sites (N-methyl/N-ethyl adjacent to an activating group) is 1. The Morgan fingerprint density at radius 1 is 1.15 bits per heavy atom. The number of aromatic nitrogens is 2. The zero-order valence-corrected chi connectivity index (χ0v) is 19.6. The van der Waals surface area contributed by atoms with Crippen LogP contribution in [0.3, 0.4) is 0 Å². The number of primary amides is 1. The maximum absolute atomic E-state index is 11.9. The first-order valence-corrected chi connectivity index (χ1v) is 11.9. The summed E-state index contributed by atoms with van der Waals surface area (Å²) < 4.78 is 0. The number of pyridine rings is 2. The number of aromatic amines is 1. The second kappa shape index (κ2) is 8.92. The number of amides is 1. The molecular formula is C25H25N5O3S. The Morgan fingerprint density at radius 3 is 2.71 bits per heavy atom.